The molecule has 116 valence electrons. The summed E-state index contributed by atoms with van der Waals surface area (Å²) in [5, 5.41) is 4.07. The number of likely N-dealkylation sites (tertiary alicyclic amines) is 1. The number of pyridine rings is 1. The molecule has 3 rings (SSSR count). The lowest BCUT2D eigenvalue weighted by atomic mass is 9.93. The van der Waals surface area contributed by atoms with Gasteiger partial charge in [-0.15, -0.1) is 0 Å². The van der Waals surface area contributed by atoms with Gasteiger partial charge in [0, 0.05) is 25.7 Å². The third-order valence-electron chi connectivity index (χ3n) is 4.29. The molecule has 22 heavy (non-hydrogen) atoms. The summed E-state index contributed by atoms with van der Waals surface area (Å²) in [4.78, 5) is 6.86. The molecule has 0 bridgehead atoms. The second-order valence-corrected chi connectivity index (χ2v) is 6.47. The molecule has 2 unspecified atom stereocenters. The van der Waals surface area contributed by atoms with Crippen LogP contribution in [0.25, 0.3) is 0 Å². The highest BCUT2D eigenvalue weighted by molar-refractivity contribution is 6.29. The lowest BCUT2D eigenvalue weighted by Crippen LogP contribution is -2.44. The summed E-state index contributed by atoms with van der Waals surface area (Å²) in [5.74, 6) is 1.46. The molecular formula is C18H22ClN3. The van der Waals surface area contributed by atoms with Crippen LogP contribution in [0.4, 0.5) is 5.82 Å². The molecule has 1 N–H and O–H groups in total. The van der Waals surface area contributed by atoms with Gasteiger partial charge in [0.25, 0.3) is 0 Å². The SMILES string of the molecule is CC1CN(Cc2ccccc2)CCC1Nc1cccc(Cl)n1. The molecule has 2 aromatic rings. The smallest absolute Gasteiger partial charge is 0.131 e. The fourth-order valence-electron chi connectivity index (χ4n) is 3.11. The highest BCUT2D eigenvalue weighted by atomic mass is 35.5. The minimum atomic E-state index is 0.456. The van der Waals surface area contributed by atoms with Gasteiger partial charge in [0.15, 0.2) is 0 Å². The Labute approximate surface area is 137 Å². The Bertz CT molecular complexity index is 602. The van der Waals surface area contributed by atoms with Crippen molar-refractivity contribution >= 4 is 17.4 Å². The Morgan fingerprint density at radius 1 is 1.18 bits per heavy atom. The van der Waals surface area contributed by atoms with E-state index in [0.717, 1.165) is 31.9 Å². The van der Waals surface area contributed by atoms with Crippen molar-refractivity contribution < 1.29 is 0 Å². The molecule has 4 heteroatoms. The largest absolute Gasteiger partial charge is 0.367 e. The van der Waals surface area contributed by atoms with Crippen molar-refractivity contribution in [3.05, 3.63) is 59.2 Å². The molecule has 1 saturated heterocycles. The third kappa shape index (κ3) is 3.99. The first kappa shape index (κ1) is 15.3. The molecule has 1 aromatic carbocycles. The minimum absolute atomic E-state index is 0.456. The van der Waals surface area contributed by atoms with Crippen molar-refractivity contribution in [1.29, 1.82) is 0 Å². The number of rotatable bonds is 4. The predicted octanol–water partition coefficient (Wildman–Crippen LogP) is 4.06. The van der Waals surface area contributed by atoms with Gasteiger partial charge in [-0.3, -0.25) is 4.90 Å². The Hall–Kier alpha value is -1.58. The van der Waals surface area contributed by atoms with Crippen LogP contribution in [-0.4, -0.2) is 29.0 Å². The zero-order valence-electron chi connectivity index (χ0n) is 12.9. The van der Waals surface area contributed by atoms with Gasteiger partial charge < -0.3 is 5.32 Å². The molecule has 0 radical (unpaired) electrons. The summed E-state index contributed by atoms with van der Waals surface area (Å²) in [7, 11) is 0. The van der Waals surface area contributed by atoms with Crippen molar-refractivity contribution in [2.75, 3.05) is 18.4 Å². The van der Waals surface area contributed by atoms with Gasteiger partial charge in [-0.25, -0.2) is 4.98 Å². The highest BCUT2D eigenvalue weighted by Gasteiger charge is 2.26. The predicted molar refractivity (Wildman–Crippen MR) is 92.2 cm³/mol. The van der Waals surface area contributed by atoms with Crippen LogP contribution in [0.1, 0.15) is 18.9 Å². The van der Waals surface area contributed by atoms with Crippen LogP contribution in [0.3, 0.4) is 0 Å². The van der Waals surface area contributed by atoms with E-state index in [-0.39, 0.29) is 0 Å². The zero-order valence-corrected chi connectivity index (χ0v) is 13.6. The monoisotopic (exact) mass is 315 g/mol. The number of benzene rings is 1. The maximum absolute atomic E-state index is 5.95. The first-order valence-electron chi connectivity index (χ1n) is 7.86. The van der Waals surface area contributed by atoms with Gasteiger partial charge in [-0.05, 0) is 30.0 Å². The van der Waals surface area contributed by atoms with E-state index < -0.39 is 0 Å². The third-order valence-corrected chi connectivity index (χ3v) is 4.50. The number of hydrogen-bond donors (Lipinski definition) is 1. The molecule has 1 aliphatic heterocycles. The van der Waals surface area contributed by atoms with Crippen molar-refractivity contribution in [3.8, 4) is 0 Å². The summed E-state index contributed by atoms with van der Waals surface area (Å²) in [6.07, 6.45) is 1.13. The summed E-state index contributed by atoms with van der Waals surface area (Å²) in [6, 6.07) is 16.9. The molecule has 3 nitrogen and oxygen atoms in total. The highest BCUT2D eigenvalue weighted by Crippen LogP contribution is 2.22. The molecule has 0 saturated carbocycles. The first-order chi connectivity index (χ1) is 10.7. The summed E-state index contributed by atoms with van der Waals surface area (Å²) in [6.45, 7) is 5.55. The van der Waals surface area contributed by atoms with Crippen molar-refractivity contribution in [1.82, 2.24) is 9.88 Å². The maximum Gasteiger partial charge on any atom is 0.131 e. The zero-order chi connectivity index (χ0) is 15.4. The van der Waals surface area contributed by atoms with Crippen LogP contribution in [0.2, 0.25) is 5.15 Å². The van der Waals surface area contributed by atoms with E-state index in [2.05, 4.69) is 52.5 Å². The molecule has 0 spiro atoms. The molecule has 0 amide bonds. The quantitative estimate of drug-likeness (QED) is 0.862. The fourth-order valence-corrected chi connectivity index (χ4v) is 3.27. The van der Waals surface area contributed by atoms with E-state index in [1.54, 1.807) is 6.07 Å². The molecular weight excluding hydrogens is 294 g/mol. The van der Waals surface area contributed by atoms with Gasteiger partial charge >= 0.3 is 0 Å². The number of nitrogens with one attached hydrogen (secondary N) is 1. The molecule has 0 aliphatic carbocycles. The normalized spacial score (nSPS) is 22.5. The summed E-state index contributed by atoms with van der Waals surface area (Å²) < 4.78 is 0. The molecule has 2 heterocycles. The number of aromatic nitrogens is 1. The second-order valence-electron chi connectivity index (χ2n) is 6.08. The Morgan fingerprint density at radius 2 is 2.00 bits per heavy atom. The van der Waals surface area contributed by atoms with Crippen molar-refractivity contribution in [2.24, 2.45) is 5.92 Å². The van der Waals surface area contributed by atoms with Gasteiger partial charge in [-0.1, -0.05) is 54.9 Å². The Kier molecular flexibility index (Phi) is 4.96. The number of anilines is 1. The van der Waals surface area contributed by atoms with Crippen molar-refractivity contribution in [2.45, 2.75) is 25.9 Å². The fraction of sp³-hybridized carbons (Fsp3) is 0.389. The standard InChI is InChI=1S/C18H22ClN3/c1-14-12-22(13-15-6-3-2-4-7-15)11-10-16(14)20-18-9-5-8-17(19)21-18/h2-9,14,16H,10-13H2,1H3,(H,20,21). The lowest BCUT2D eigenvalue weighted by molar-refractivity contribution is 0.164. The average molecular weight is 316 g/mol. The van der Waals surface area contributed by atoms with Gasteiger partial charge in [0.2, 0.25) is 0 Å². The van der Waals surface area contributed by atoms with Crippen LogP contribution in [-0.2, 0) is 6.54 Å². The topological polar surface area (TPSA) is 28.2 Å². The van der Waals surface area contributed by atoms with E-state index in [1.165, 1.54) is 5.56 Å². The number of halogens is 1. The lowest BCUT2D eigenvalue weighted by Gasteiger charge is -2.37. The summed E-state index contributed by atoms with van der Waals surface area (Å²) >= 11 is 5.95. The number of nitrogens with zero attached hydrogens (tertiary/aromatic N) is 2. The van der Waals surface area contributed by atoms with Crippen molar-refractivity contribution in [3.63, 3.8) is 0 Å². The Morgan fingerprint density at radius 3 is 2.73 bits per heavy atom. The van der Waals surface area contributed by atoms with Crippen LogP contribution in [0.15, 0.2) is 48.5 Å². The van der Waals surface area contributed by atoms with Crippen LogP contribution < -0.4 is 5.32 Å². The maximum atomic E-state index is 5.95. The first-order valence-corrected chi connectivity index (χ1v) is 8.24. The van der Waals surface area contributed by atoms with Gasteiger partial charge in [-0.2, -0.15) is 0 Å². The molecule has 1 aliphatic rings. The molecule has 1 fully saturated rings. The minimum Gasteiger partial charge on any atom is -0.367 e. The van der Waals surface area contributed by atoms with E-state index in [4.69, 9.17) is 11.6 Å². The van der Waals surface area contributed by atoms with E-state index >= 15 is 0 Å². The molecule has 1 aromatic heterocycles. The van der Waals surface area contributed by atoms with Crippen LogP contribution in [0, 0.1) is 5.92 Å². The van der Waals surface area contributed by atoms with Crippen LogP contribution >= 0.6 is 11.6 Å². The Balaban J connectivity index is 1.56. The molecule has 2 atom stereocenters. The number of hydrogen-bond acceptors (Lipinski definition) is 3. The van der Waals surface area contributed by atoms with E-state index in [9.17, 15) is 0 Å². The van der Waals surface area contributed by atoms with E-state index in [1.807, 2.05) is 12.1 Å². The second kappa shape index (κ2) is 7.12. The number of piperidine rings is 1. The van der Waals surface area contributed by atoms with Crippen LogP contribution in [0.5, 0.6) is 0 Å². The summed E-state index contributed by atoms with van der Waals surface area (Å²) in [5.41, 5.74) is 1.39. The van der Waals surface area contributed by atoms with E-state index in [0.29, 0.717) is 17.1 Å². The van der Waals surface area contributed by atoms with Gasteiger partial charge in [0.1, 0.15) is 11.0 Å². The average Bonchev–Trinajstić information content (AvgIpc) is 2.51. The van der Waals surface area contributed by atoms with Gasteiger partial charge in [0.05, 0.1) is 0 Å².